The number of aliphatic carboxylic acids is 1. The lowest BCUT2D eigenvalue weighted by atomic mass is 9.81. The van der Waals surface area contributed by atoms with E-state index in [0.29, 0.717) is 19.4 Å². The topological polar surface area (TPSA) is 66.8 Å². The zero-order valence-electron chi connectivity index (χ0n) is 8.85. The zero-order valence-corrected chi connectivity index (χ0v) is 8.85. The van der Waals surface area contributed by atoms with Gasteiger partial charge in [0, 0.05) is 6.61 Å². The Hall–Kier alpha value is -1.55. The van der Waals surface area contributed by atoms with E-state index in [-0.39, 0.29) is 12.4 Å². The Morgan fingerprint density at radius 1 is 1.50 bits per heavy atom. The normalized spacial score (nSPS) is 24.5. The number of hydrogen-bond donors (Lipinski definition) is 2. The SMILES string of the molecule is O=C(O)C1(Cc2cccc(O)c2)CCOC1. The number of carboxylic acids is 1. The second-order valence-electron chi connectivity index (χ2n) is 4.23. The average Bonchev–Trinajstić information content (AvgIpc) is 2.67. The second-order valence-corrected chi connectivity index (χ2v) is 4.23. The van der Waals surface area contributed by atoms with Gasteiger partial charge in [-0.25, -0.2) is 0 Å². The Kier molecular flexibility index (Phi) is 2.83. The first-order valence-electron chi connectivity index (χ1n) is 5.21. The Morgan fingerprint density at radius 3 is 2.88 bits per heavy atom. The van der Waals surface area contributed by atoms with Gasteiger partial charge in [0.25, 0.3) is 0 Å². The maximum Gasteiger partial charge on any atom is 0.312 e. The summed E-state index contributed by atoms with van der Waals surface area (Å²) in [5, 5.41) is 18.6. The average molecular weight is 222 g/mol. The van der Waals surface area contributed by atoms with Crippen LogP contribution in [0.4, 0.5) is 0 Å². The number of benzene rings is 1. The molecule has 0 bridgehead atoms. The molecule has 1 aromatic carbocycles. The van der Waals surface area contributed by atoms with Gasteiger partial charge in [0.1, 0.15) is 5.75 Å². The molecule has 1 atom stereocenters. The summed E-state index contributed by atoms with van der Waals surface area (Å²) in [6.07, 6.45) is 0.925. The van der Waals surface area contributed by atoms with E-state index in [1.54, 1.807) is 18.2 Å². The number of hydrogen-bond acceptors (Lipinski definition) is 3. The summed E-state index contributed by atoms with van der Waals surface area (Å²) in [7, 11) is 0. The fourth-order valence-electron chi connectivity index (χ4n) is 2.05. The smallest absolute Gasteiger partial charge is 0.312 e. The van der Waals surface area contributed by atoms with E-state index in [0.717, 1.165) is 5.56 Å². The van der Waals surface area contributed by atoms with Crippen molar-refractivity contribution in [3.05, 3.63) is 29.8 Å². The molecule has 1 aliphatic heterocycles. The summed E-state index contributed by atoms with van der Waals surface area (Å²) in [6, 6.07) is 6.71. The first kappa shape index (κ1) is 11.0. The molecule has 1 fully saturated rings. The van der Waals surface area contributed by atoms with Crippen molar-refractivity contribution in [3.8, 4) is 5.75 Å². The highest BCUT2D eigenvalue weighted by Crippen LogP contribution is 2.33. The van der Waals surface area contributed by atoms with Crippen LogP contribution < -0.4 is 0 Å². The lowest BCUT2D eigenvalue weighted by molar-refractivity contribution is -0.148. The van der Waals surface area contributed by atoms with Crippen molar-refractivity contribution in [3.63, 3.8) is 0 Å². The third kappa shape index (κ3) is 2.02. The van der Waals surface area contributed by atoms with E-state index in [1.165, 1.54) is 0 Å². The van der Waals surface area contributed by atoms with Gasteiger partial charge in [-0.05, 0) is 30.5 Å². The molecule has 1 aliphatic rings. The minimum Gasteiger partial charge on any atom is -0.508 e. The fraction of sp³-hybridized carbons (Fsp3) is 0.417. The molecule has 86 valence electrons. The number of phenols is 1. The lowest BCUT2D eigenvalue weighted by Gasteiger charge is -2.21. The summed E-state index contributed by atoms with van der Waals surface area (Å²) in [4.78, 5) is 11.3. The van der Waals surface area contributed by atoms with Crippen LogP contribution in [0.5, 0.6) is 5.75 Å². The van der Waals surface area contributed by atoms with Crippen molar-refractivity contribution in [2.75, 3.05) is 13.2 Å². The Morgan fingerprint density at radius 2 is 2.31 bits per heavy atom. The first-order valence-corrected chi connectivity index (χ1v) is 5.21. The van der Waals surface area contributed by atoms with Gasteiger partial charge in [0.2, 0.25) is 0 Å². The number of carboxylic acid groups (broad SMARTS) is 1. The van der Waals surface area contributed by atoms with Gasteiger partial charge >= 0.3 is 5.97 Å². The molecule has 0 amide bonds. The van der Waals surface area contributed by atoms with E-state index in [1.807, 2.05) is 6.07 Å². The maximum absolute atomic E-state index is 11.3. The number of phenolic OH excluding ortho intramolecular Hbond substituents is 1. The van der Waals surface area contributed by atoms with Crippen molar-refractivity contribution in [2.24, 2.45) is 5.41 Å². The summed E-state index contributed by atoms with van der Waals surface area (Å²) in [5.41, 5.74) is 0.00116. The summed E-state index contributed by atoms with van der Waals surface area (Å²) < 4.78 is 5.18. The highest BCUT2D eigenvalue weighted by atomic mass is 16.5. The van der Waals surface area contributed by atoms with Gasteiger partial charge in [-0.2, -0.15) is 0 Å². The van der Waals surface area contributed by atoms with Crippen molar-refractivity contribution in [1.29, 1.82) is 0 Å². The summed E-state index contributed by atoms with van der Waals surface area (Å²) in [5.74, 6) is -0.662. The van der Waals surface area contributed by atoms with Crippen LogP contribution in [0.25, 0.3) is 0 Å². The van der Waals surface area contributed by atoms with Crippen LogP contribution >= 0.6 is 0 Å². The predicted molar refractivity (Wildman–Crippen MR) is 57.3 cm³/mol. The Bertz CT molecular complexity index is 394. The number of carbonyl (C=O) groups is 1. The molecule has 0 aromatic heterocycles. The number of rotatable bonds is 3. The van der Waals surface area contributed by atoms with Gasteiger partial charge in [-0.3, -0.25) is 4.79 Å². The Labute approximate surface area is 93.5 Å². The molecule has 1 saturated heterocycles. The molecule has 16 heavy (non-hydrogen) atoms. The summed E-state index contributed by atoms with van der Waals surface area (Å²) in [6.45, 7) is 0.739. The summed E-state index contributed by atoms with van der Waals surface area (Å²) >= 11 is 0. The molecule has 0 aliphatic carbocycles. The standard InChI is InChI=1S/C12H14O4/c13-10-3-1-2-9(6-10)7-12(11(14)15)4-5-16-8-12/h1-3,6,13H,4-5,7-8H2,(H,14,15). The number of aromatic hydroxyl groups is 1. The van der Waals surface area contributed by atoms with Crippen LogP contribution in [-0.4, -0.2) is 29.4 Å². The van der Waals surface area contributed by atoms with Crippen LogP contribution in [0.1, 0.15) is 12.0 Å². The van der Waals surface area contributed by atoms with Gasteiger partial charge in [0.15, 0.2) is 0 Å². The molecule has 0 saturated carbocycles. The highest BCUT2D eigenvalue weighted by molar-refractivity contribution is 5.75. The van der Waals surface area contributed by atoms with E-state index >= 15 is 0 Å². The van der Waals surface area contributed by atoms with E-state index < -0.39 is 11.4 Å². The second kappa shape index (κ2) is 4.14. The van der Waals surface area contributed by atoms with Crippen LogP contribution in [0.2, 0.25) is 0 Å². The van der Waals surface area contributed by atoms with Crippen LogP contribution in [0.15, 0.2) is 24.3 Å². The molecular weight excluding hydrogens is 208 g/mol. The number of ether oxygens (including phenoxy) is 1. The third-order valence-corrected chi connectivity index (χ3v) is 3.01. The minimum absolute atomic E-state index is 0.164. The van der Waals surface area contributed by atoms with Gasteiger partial charge < -0.3 is 14.9 Å². The fourth-order valence-corrected chi connectivity index (χ4v) is 2.05. The zero-order chi connectivity index (χ0) is 11.6. The van der Waals surface area contributed by atoms with Crippen LogP contribution in [0, 0.1) is 5.41 Å². The largest absolute Gasteiger partial charge is 0.508 e. The van der Waals surface area contributed by atoms with E-state index in [2.05, 4.69) is 0 Å². The molecule has 4 heteroatoms. The van der Waals surface area contributed by atoms with Crippen molar-refractivity contribution in [2.45, 2.75) is 12.8 Å². The highest BCUT2D eigenvalue weighted by Gasteiger charge is 2.42. The minimum atomic E-state index is -0.826. The molecular formula is C12H14O4. The lowest BCUT2D eigenvalue weighted by Crippen LogP contribution is -2.33. The third-order valence-electron chi connectivity index (χ3n) is 3.01. The molecule has 0 spiro atoms. The Balaban J connectivity index is 2.21. The van der Waals surface area contributed by atoms with Crippen molar-refractivity contribution in [1.82, 2.24) is 0 Å². The van der Waals surface area contributed by atoms with E-state index in [4.69, 9.17) is 4.74 Å². The molecule has 2 rings (SSSR count). The van der Waals surface area contributed by atoms with Crippen molar-refractivity contribution < 1.29 is 19.7 Å². The molecule has 1 heterocycles. The van der Waals surface area contributed by atoms with Gasteiger partial charge in [0.05, 0.1) is 12.0 Å². The predicted octanol–water partition coefficient (Wildman–Crippen LogP) is 1.43. The molecule has 0 radical (unpaired) electrons. The van der Waals surface area contributed by atoms with Crippen LogP contribution in [-0.2, 0) is 16.0 Å². The first-order chi connectivity index (χ1) is 7.62. The molecule has 1 aromatic rings. The molecule has 4 nitrogen and oxygen atoms in total. The monoisotopic (exact) mass is 222 g/mol. The molecule has 1 unspecified atom stereocenters. The molecule has 2 N–H and O–H groups in total. The quantitative estimate of drug-likeness (QED) is 0.811. The van der Waals surface area contributed by atoms with E-state index in [9.17, 15) is 15.0 Å². The van der Waals surface area contributed by atoms with Crippen LogP contribution in [0.3, 0.4) is 0 Å². The van der Waals surface area contributed by atoms with Gasteiger partial charge in [-0.15, -0.1) is 0 Å². The van der Waals surface area contributed by atoms with Crippen molar-refractivity contribution >= 4 is 5.97 Å². The van der Waals surface area contributed by atoms with Gasteiger partial charge in [-0.1, -0.05) is 12.1 Å². The maximum atomic E-state index is 11.3.